The highest BCUT2D eigenvalue weighted by Gasteiger charge is 2.41. The van der Waals surface area contributed by atoms with Crippen LogP contribution in [0.25, 0.3) is 0 Å². The first-order chi connectivity index (χ1) is 12.0. The van der Waals surface area contributed by atoms with Gasteiger partial charge in [-0.3, -0.25) is 19.3 Å². The van der Waals surface area contributed by atoms with Crippen LogP contribution in [0.5, 0.6) is 0 Å². The van der Waals surface area contributed by atoms with E-state index in [0.717, 1.165) is 4.90 Å². The Kier molecular flexibility index (Phi) is 7.78. The van der Waals surface area contributed by atoms with E-state index in [1.165, 1.54) is 7.05 Å². The van der Waals surface area contributed by atoms with Gasteiger partial charge >= 0.3 is 0 Å². The lowest BCUT2D eigenvalue weighted by atomic mass is 10.1. The fourth-order valence-corrected chi connectivity index (χ4v) is 2.60. The number of nitrogens with zero attached hydrogens (tertiary/aromatic N) is 1. The Balaban J connectivity index is 0.00000151. The molecule has 1 aromatic rings. The Hall–Kier alpha value is -2.70. The maximum absolute atomic E-state index is 12.6. The summed E-state index contributed by atoms with van der Waals surface area (Å²) >= 11 is 0. The second-order valence-electron chi connectivity index (χ2n) is 5.15. The monoisotopic (exact) mass is 347 g/mol. The molecule has 0 saturated heterocycles. The number of rotatable bonds is 7. The number of amides is 3. The average molecular weight is 347 g/mol. The van der Waals surface area contributed by atoms with Gasteiger partial charge in [-0.1, -0.05) is 19.9 Å². The first-order valence-corrected chi connectivity index (χ1v) is 8.45. The standard InChI is InChI=1S/C16H19N3O4.C2H6/c1-3-18-12-6-4-5-11-14(12)16(23)19(15(11)22)10(9-20)7-8-13(21)17-2;1-2/h4-6,9-10,18H,3,7-8H2,1-2H3,(H,17,21);1-2H3. The van der Waals surface area contributed by atoms with Gasteiger partial charge < -0.3 is 15.4 Å². The molecule has 1 aromatic carbocycles. The summed E-state index contributed by atoms with van der Waals surface area (Å²) in [6.07, 6.45) is 0.704. The second kappa shape index (κ2) is 9.56. The first-order valence-electron chi connectivity index (χ1n) is 8.45. The number of anilines is 1. The summed E-state index contributed by atoms with van der Waals surface area (Å²) < 4.78 is 0. The quantitative estimate of drug-likeness (QED) is 0.579. The van der Waals surface area contributed by atoms with Crippen molar-refractivity contribution in [3.8, 4) is 0 Å². The van der Waals surface area contributed by atoms with Gasteiger partial charge in [-0.25, -0.2) is 0 Å². The molecule has 0 saturated carbocycles. The van der Waals surface area contributed by atoms with Crippen molar-refractivity contribution >= 4 is 29.7 Å². The number of hydrogen-bond acceptors (Lipinski definition) is 5. The number of nitrogens with one attached hydrogen (secondary N) is 2. The summed E-state index contributed by atoms with van der Waals surface area (Å²) in [5.41, 5.74) is 1.13. The topological polar surface area (TPSA) is 95.6 Å². The molecule has 0 aromatic heterocycles. The Labute approximate surface area is 147 Å². The van der Waals surface area contributed by atoms with Gasteiger partial charge in [-0.05, 0) is 25.5 Å². The molecule has 136 valence electrons. The van der Waals surface area contributed by atoms with E-state index >= 15 is 0 Å². The van der Waals surface area contributed by atoms with Gasteiger partial charge in [-0.15, -0.1) is 0 Å². The van der Waals surface area contributed by atoms with Crippen molar-refractivity contribution in [1.29, 1.82) is 0 Å². The number of hydrogen-bond donors (Lipinski definition) is 2. The smallest absolute Gasteiger partial charge is 0.264 e. The van der Waals surface area contributed by atoms with Gasteiger partial charge in [0.25, 0.3) is 11.8 Å². The number of imide groups is 1. The third kappa shape index (κ3) is 4.23. The van der Waals surface area contributed by atoms with E-state index in [9.17, 15) is 19.2 Å². The number of fused-ring (bicyclic) bond motifs is 1. The van der Waals surface area contributed by atoms with Crippen LogP contribution < -0.4 is 10.6 Å². The van der Waals surface area contributed by atoms with Crippen LogP contribution in [-0.2, 0) is 9.59 Å². The van der Waals surface area contributed by atoms with E-state index in [1.54, 1.807) is 18.2 Å². The Morgan fingerprint density at radius 2 is 1.92 bits per heavy atom. The van der Waals surface area contributed by atoms with Gasteiger partial charge in [0.05, 0.1) is 17.2 Å². The van der Waals surface area contributed by atoms with Crippen LogP contribution >= 0.6 is 0 Å². The minimum atomic E-state index is -0.950. The molecule has 2 N–H and O–H groups in total. The molecule has 0 spiro atoms. The van der Waals surface area contributed by atoms with E-state index in [1.807, 2.05) is 20.8 Å². The fraction of sp³-hybridized carbons (Fsp3) is 0.444. The number of benzene rings is 1. The zero-order chi connectivity index (χ0) is 19.0. The van der Waals surface area contributed by atoms with Crippen molar-refractivity contribution < 1.29 is 19.2 Å². The summed E-state index contributed by atoms with van der Waals surface area (Å²) in [5.74, 6) is -1.25. The highest BCUT2D eigenvalue weighted by Crippen LogP contribution is 2.31. The van der Waals surface area contributed by atoms with Crippen molar-refractivity contribution in [1.82, 2.24) is 10.2 Å². The molecule has 2 rings (SSSR count). The minimum Gasteiger partial charge on any atom is -0.385 e. The van der Waals surface area contributed by atoms with Crippen LogP contribution in [0.3, 0.4) is 0 Å². The van der Waals surface area contributed by atoms with E-state index in [-0.39, 0.29) is 29.9 Å². The van der Waals surface area contributed by atoms with E-state index in [2.05, 4.69) is 10.6 Å². The van der Waals surface area contributed by atoms with Crippen LogP contribution in [0.4, 0.5) is 5.69 Å². The average Bonchev–Trinajstić information content (AvgIpc) is 2.90. The van der Waals surface area contributed by atoms with Crippen molar-refractivity contribution in [3.63, 3.8) is 0 Å². The maximum Gasteiger partial charge on any atom is 0.264 e. The summed E-state index contributed by atoms with van der Waals surface area (Å²) in [5, 5.41) is 5.49. The van der Waals surface area contributed by atoms with E-state index in [4.69, 9.17) is 0 Å². The third-order valence-corrected chi connectivity index (χ3v) is 3.75. The lowest BCUT2D eigenvalue weighted by Gasteiger charge is -2.21. The van der Waals surface area contributed by atoms with Gasteiger partial charge in [0.15, 0.2) is 0 Å². The molecule has 7 nitrogen and oxygen atoms in total. The third-order valence-electron chi connectivity index (χ3n) is 3.75. The molecule has 25 heavy (non-hydrogen) atoms. The molecule has 0 bridgehead atoms. The van der Waals surface area contributed by atoms with Crippen molar-refractivity contribution in [3.05, 3.63) is 29.3 Å². The maximum atomic E-state index is 12.6. The number of carbonyl (C=O) groups is 4. The fourth-order valence-electron chi connectivity index (χ4n) is 2.60. The zero-order valence-electron chi connectivity index (χ0n) is 15.1. The van der Waals surface area contributed by atoms with Crippen LogP contribution in [0.15, 0.2) is 18.2 Å². The lowest BCUT2D eigenvalue weighted by molar-refractivity contribution is -0.121. The van der Waals surface area contributed by atoms with Crippen molar-refractivity contribution in [2.45, 2.75) is 39.7 Å². The molecular weight excluding hydrogens is 322 g/mol. The van der Waals surface area contributed by atoms with Crippen LogP contribution in [-0.4, -0.2) is 48.5 Å². The molecule has 1 aliphatic rings. The van der Waals surface area contributed by atoms with Gasteiger partial charge in [-0.2, -0.15) is 0 Å². The van der Waals surface area contributed by atoms with Crippen molar-refractivity contribution in [2.24, 2.45) is 0 Å². The molecule has 1 unspecified atom stereocenters. The predicted molar refractivity (Wildman–Crippen MR) is 95.6 cm³/mol. The largest absolute Gasteiger partial charge is 0.385 e. The Morgan fingerprint density at radius 3 is 2.48 bits per heavy atom. The van der Waals surface area contributed by atoms with E-state index < -0.39 is 17.9 Å². The Morgan fingerprint density at radius 1 is 1.24 bits per heavy atom. The first kappa shape index (κ1) is 20.3. The van der Waals surface area contributed by atoms with E-state index in [0.29, 0.717) is 18.5 Å². The highest BCUT2D eigenvalue weighted by atomic mass is 16.2. The second-order valence-corrected chi connectivity index (χ2v) is 5.15. The molecule has 1 atom stereocenters. The summed E-state index contributed by atoms with van der Waals surface area (Å²) in [4.78, 5) is 48.8. The summed E-state index contributed by atoms with van der Waals surface area (Å²) in [7, 11) is 1.49. The lowest BCUT2D eigenvalue weighted by Crippen LogP contribution is -2.41. The normalized spacial score (nSPS) is 13.5. The highest BCUT2D eigenvalue weighted by molar-refractivity contribution is 6.24. The van der Waals surface area contributed by atoms with Gasteiger partial charge in [0, 0.05) is 25.7 Å². The Bertz CT molecular complexity index is 658. The van der Waals surface area contributed by atoms with Gasteiger partial charge in [0.2, 0.25) is 5.91 Å². The predicted octanol–water partition coefficient (Wildman–Crippen LogP) is 1.83. The molecule has 3 amide bonds. The summed E-state index contributed by atoms with van der Waals surface area (Å²) in [6.45, 7) is 6.49. The zero-order valence-corrected chi connectivity index (χ0v) is 15.1. The summed E-state index contributed by atoms with van der Waals surface area (Å²) in [6, 6.07) is 4.02. The number of aldehydes is 1. The minimum absolute atomic E-state index is 0.0629. The van der Waals surface area contributed by atoms with Crippen molar-refractivity contribution in [2.75, 3.05) is 18.9 Å². The molecule has 7 heteroatoms. The van der Waals surface area contributed by atoms with Crippen LogP contribution in [0, 0.1) is 0 Å². The van der Waals surface area contributed by atoms with Crippen LogP contribution in [0.2, 0.25) is 0 Å². The molecule has 0 fully saturated rings. The molecule has 0 aliphatic carbocycles. The number of carbonyl (C=O) groups excluding carboxylic acids is 4. The van der Waals surface area contributed by atoms with Gasteiger partial charge in [0.1, 0.15) is 6.29 Å². The van der Waals surface area contributed by atoms with Crippen LogP contribution in [0.1, 0.15) is 54.3 Å². The molecule has 0 radical (unpaired) electrons. The SMILES string of the molecule is CC.CCNc1cccc2c1C(=O)N(C(C=O)CCC(=O)NC)C2=O. The molecular formula is C18H25N3O4. The molecule has 1 heterocycles. The molecule has 1 aliphatic heterocycles.